The fourth-order valence-corrected chi connectivity index (χ4v) is 1.01. The summed E-state index contributed by atoms with van der Waals surface area (Å²) in [5, 5.41) is 21.6. The van der Waals surface area contributed by atoms with Crippen molar-refractivity contribution in [1.29, 1.82) is 0 Å². The zero-order chi connectivity index (χ0) is 15.8. The molecular weight excluding hydrogens is 270 g/mol. The first-order chi connectivity index (χ1) is 9.15. The number of nitrogens with zero attached hydrogens (tertiary/aromatic N) is 2. The van der Waals surface area contributed by atoms with Gasteiger partial charge in [0.05, 0.1) is 0 Å². The molecule has 0 spiro atoms. The molecule has 0 aromatic carbocycles. The average Bonchev–Trinajstić information content (AvgIpc) is 2.30. The summed E-state index contributed by atoms with van der Waals surface area (Å²) >= 11 is 0. The highest BCUT2D eigenvalue weighted by Gasteiger charge is 2.19. The number of hydrogen-bond donors (Lipinski definition) is 2. The summed E-state index contributed by atoms with van der Waals surface area (Å²) in [4.78, 5) is 16.1. The van der Waals surface area contributed by atoms with Gasteiger partial charge in [0.25, 0.3) is 0 Å². The Morgan fingerprint density at radius 2 is 2.05 bits per heavy atom. The number of hydrazine groups is 2. The minimum atomic E-state index is -1.01. The molecule has 9 heteroatoms. The quantitative estimate of drug-likeness (QED) is 0.381. The maximum atomic E-state index is 11.4. The molecule has 1 atom stereocenters. The van der Waals surface area contributed by atoms with E-state index in [4.69, 9.17) is 19.4 Å². The fourth-order valence-electron chi connectivity index (χ4n) is 1.01. The van der Waals surface area contributed by atoms with Crippen LogP contribution in [0.3, 0.4) is 0 Å². The molecule has 1 unspecified atom stereocenters. The van der Waals surface area contributed by atoms with Crippen LogP contribution in [0, 0.1) is 5.21 Å². The van der Waals surface area contributed by atoms with E-state index < -0.39 is 18.0 Å². The van der Waals surface area contributed by atoms with Crippen LogP contribution in [-0.4, -0.2) is 53.6 Å². The molecule has 2 N–H and O–H groups in total. The first-order valence-corrected chi connectivity index (χ1v) is 6.26. The van der Waals surface area contributed by atoms with E-state index in [1.807, 2.05) is 5.59 Å². The lowest BCUT2D eigenvalue weighted by molar-refractivity contribution is -0.230. The SMILES string of the molecule is CC(ONN([O-])N(C)CCCO)OC(=O)OC(C)(C)C. The van der Waals surface area contributed by atoms with Gasteiger partial charge in [-0.05, 0) is 27.2 Å². The number of hydrogen-bond acceptors (Lipinski definition) is 9. The topological polar surface area (TPSA) is 107 Å². The monoisotopic (exact) mass is 294 g/mol. The number of carbonyl (C=O) groups excluding carboxylic acids is 1. The van der Waals surface area contributed by atoms with Gasteiger partial charge in [0, 0.05) is 27.1 Å². The molecule has 0 radical (unpaired) electrons. The van der Waals surface area contributed by atoms with E-state index in [1.54, 1.807) is 20.8 Å². The van der Waals surface area contributed by atoms with Gasteiger partial charge in [0.15, 0.2) is 0 Å². The van der Waals surface area contributed by atoms with Crippen molar-refractivity contribution < 1.29 is 24.2 Å². The molecule has 0 aliphatic heterocycles. The molecular formula is C11H24N3O6-. The Bertz CT molecular complexity index is 284. The van der Waals surface area contributed by atoms with Gasteiger partial charge in [-0.1, -0.05) is 0 Å². The predicted octanol–water partition coefficient (Wildman–Crippen LogP) is 0.749. The summed E-state index contributed by atoms with van der Waals surface area (Å²) in [7, 11) is 1.51. The molecule has 9 nitrogen and oxygen atoms in total. The average molecular weight is 294 g/mol. The summed E-state index contributed by atoms with van der Waals surface area (Å²) in [5.41, 5.74) is 1.38. The first kappa shape index (κ1) is 19.0. The third-order valence-corrected chi connectivity index (χ3v) is 1.90. The molecule has 0 aromatic rings. The Hall–Kier alpha value is -0.970. The van der Waals surface area contributed by atoms with Crippen molar-refractivity contribution in [3.8, 4) is 0 Å². The number of carbonyl (C=O) groups is 1. The second-order valence-electron chi connectivity index (χ2n) is 5.09. The minimum absolute atomic E-state index is 0.0167. The Labute approximate surface area is 118 Å². The minimum Gasteiger partial charge on any atom is -0.756 e. The second kappa shape index (κ2) is 9.06. The fraction of sp³-hybridized carbons (Fsp3) is 0.909. The highest BCUT2D eigenvalue weighted by Crippen LogP contribution is 2.09. The van der Waals surface area contributed by atoms with Crippen molar-refractivity contribution in [2.24, 2.45) is 0 Å². The van der Waals surface area contributed by atoms with Gasteiger partial charge in [0.1, 0.15) is 5.60 Å². The number of nitrogens with one attached hydrogen (secondary N) is 1. The van der Waals surface area contributed by atoms with Crippen LogP contribution in [0.2, 0.25) is 0 Å². The van der Waals surface area contributed by atoms with Gasteiger partial charge < -0.3 is 19.8 Å². The highest BCUT2D eigenvalue weighted by atomic mass is 16.9. The molecule has 0 bridgehead atoms. The van der Waals surface area contributed by atoms with Crippen LogP contribution in [0.15, 0.2) is 0 Å². The van der Waals surface area contributed by atoms with Gasteiger partial charge in [0.2, 0.25) is 6.29 Å². The van der Waals surface area contributed by atoms with E-state index in [-0.39, 0.29) is 6.61 Å². The molecule has 0 aliphatic rings. The summed E-state index contributed by atoms with van der Waals surface area (Å²) in [6, 6.07) is 0. The second-order valence-corrected chi connectivity index (χ2v) is 5.09. The van der Waals surface area contributed by atoms with Gasteiger partial charge in [-0.2, -0.15) is 0 Å². The van der Waals surface area contributed by atoms with Crippen LogP contribution in [0.25, 0.3) is 0 Å². The van der Waals surface area contributed by atoms with Crippen LogP contribution in [-0.2, 0) is 14.3 Å². The molecule has 0 fully saturated rings. The van der Waals surface area contributed by atoms with E-state index in [2.05, 4.69) is 0 Å². The van der Waals surface area contributed by atoms with Crippen LogP contribution in [0.4, 0.5) is 4.79 Å². The van der Waals surface area contributed by atoms with Gasteiger partial charge in [-0.15, -0.1) is 5.59 Å². The van der Waals surface area contributed by atoms with Gasteiger partial charge in [-0.3, -0.25) is 0 Å². The highest BCUT2D eigenvalue weighted by molar-refractivity contribution is 5.60. The van der Waals surface area contributed by atoms with Crippen LogP contribution >= 0.6 is 0 Å². The molecule has 20 heavy (non-hydrogen) atoms. The van der Waals surface area contributed by atoms with Gasteiger partial charge >= 0.3 is 6.16 Å². The lowest BCUT2D eigenvalue weighted by atomic mass is 10.2. The largest absolute Gasteiger partial charge is 0.756 e. The molecule has 0 amide bonds. The predicted molar refractivity (Wildman–Crippen MR) is 70.5 cm³/mol. The number of rotatable bonds is 8. The molecule has 0 aliphatic carbocycles. The maximum absolute atomic E-state index is 11.4. The van der Waals surface area contributed by atoms with Crippen LogP contribution in [0.1, 0.15) is 34.1 Å². The van der Waals surface area contributed by atoms with E-state index in [0.29, 0.717) is 18.2 Å². The summed E-state index contributed by atoms with van der Waals surface area (Å²) in [5.74, 6) is 0. The smallest absolute Gasteiger partial charge is 0.511 e. The van der Waals surface area contributed by atoms with Crippen LogP contribution in [0.5, 0.6) is 0 Å². The normalized spacial score (nSPS) is 13.7. The molecule has 0 aromatic heterocycles. The Morgan fingerprint density at radius 3 is 2.55 bits per heavy atom. The number of ether oxygens (including phenoxy) is 2. The molecule has 0 rings (SSSR count). The Balaban J connectivity index is 3.92. The summed E-state index contributed by atoms with van der Waals surface area (Å²) in [6.07, 6.45) is -1.45. The lowest BCUT2D eigenvalue weighted by Gasteiger charge is -2.36. The third kappa shape index (κ3) is 9.89. The van der Waals surface area contributed by atoms with E-state index in [0.717, 1.165) is 0 Å². The molecule has 120 valence electrons. The molecule has 0 heterocycles. The standard InChI is InChI=1S/C11H24N3O6/c1-9(18-10(16)19-11(2,3)4)20-12-14(17)13(5)7-6-8-15/h9,12,15H,6-8H2,1-5H3/q-1. The van der Waals surface area contributed by atoms with E-state index >= 15 is 0 Å². The van der Waals surface area contributed by atoms with E-state index in [1.165, 1.54) is 19.0 Å². The molecule has 0 saturated carbocycles. The van der Waals surface area contributed by atoms with Crippen molar-refractivity contribution in [2.75, 3.05) is 20.2 Å². The van der Waals surface area contributed by atoms with Gasteiger partial charge in [-0.25, -0.2) is 19.9 Å². The van der Waals surface area contributed by atoms with Crippen molar-refractivity contribution in [3.05, 3.63) is 5.21 Å². The van der Waals surface area contributed by atoms with Crippen molar-refractivity contribution in [3.63, 3.8) is 0 Å². The Kier molecular flexibility index (Phi) is 8.62. The zero-order valence-electron chi connectivity index (χ0n) is 12.6. The lowest BCUT2D eigenvalue weighted by Crippen LogP contribution is -2.47. The van der Waals surface area contributed by atoms with Crippen molar-refractivity contribution in [1.82, 2.24) is 15.9 Å². The van der Waals surface area contributed by atoms with Crippen molar-refractivity contribution in [2.45, 2.75) is 46.0 Å². The summed E-state index contributed by atoms with van der Waals surface area (Å²) in [6.45, 7) is 6.86. The number of aliphatic hydroxyl groups excluding tert-OH is 1. The first-order valence-electron chi connectivity index (χ1n) is 6.26. The zero-order valence-corrected chi connectivity index (χ0v) is 12.6. The van der Waals surface area contributed by atoms with Crippen molar-refractivity contribution >= 4 is 6.16 Å². The number of aliphatic hydroxyl groups is 1. The molecule has 0 saturated heterocycles. The summed E-state index contributed by atoms with van der Waals surface area (Å²) < 4.78 is 9.68. The Morgan fingerprint density at radius 1 is 1.45 bits per heavy atom. The van der Waals surface area contributed by atoms with Crippen LogP contribution < -0.4 is 5.59 Å². The van der Waals surface area contributed by atoms with E-state index in [9.17, 15) is 10.0 Å². The third-order valence-electron chi connectivity index (χ3n) is 1.90. The maximum Gasteiger partial charge on any atom is 0.511 e.